The van der Waals surface area contributed by atoms with E-state index in [1.807, 2.05) is 6.07 Å². The minimum Gasteiger partial charge on any atom is -0.389 e. The predicted octanol–water partition coefficient (Wildman–Crippen LogP) is 2.62. The van der Waals surface area contributed by atoms with Gasteiger partial charge in [-0.1, -0.05) is 35.1 Å². The molecule has 104 valence electrons. The summed E-state index contributed by atoms with van der Waals surface area (Å²) >= 11 is 8.64. The molecule has 0 atom stereocenters. The lowest BCUT2D eigenvalue weighted by Crippen LogP contribution is -2.47. The first-order chi connectivity index (χ1) is 9.11. The van der Waals surface area contributed by atoms with Crippen molar-refractivity contribution in [2.45, 2.75) is 13.3 Å². The van der Waals surface area contributed by atoms with Gasteiger partial charge in [0.1, 0.15) is 4.99 Å². The van der Waals surface area contributed by atoms with Crippen molar-refractivity contribution < 1.29 is 0 Å². The second-order valence-electron chi connectivity index (χ2n) is 4.85. The lowest BCUT2D eigenvalue weighted by atomic mass is 10.1. The molecule has 1 aromatic rings. The molecule has 0 amide bonds. The highest BCUT2D eigenvalue weighted by atomic mass is 79.9. The third-order valence-electron chi connectivity index (χ3n) is 3.48. The highest BCUT2D eigenvalue weighted by molar-refractivity contribution is 9.10. The van der Waals surface area contributed by atoms with Gasteiger partial charge in [-0.25, -0.2) is 0 Å². The molecular weight excluding hydrogens is 322 g/mol. The summed E-state index contributed by atoms with van der Waals surface area (Å²) in [5.41, 5.74) is 7.96. The summed E-state index contributed by atoms with van der Waals surface area (Å²) in [6.45, 7) is 7.72. The van der Waals surface area contributed by atoms with Crippen molar-refractivity contribution in [2.24, 2.45) is 5.73 Å². The minimum atomic E-state index is 0.465. The molecular formula is C14H20BrN3S. The van der Waals surface area contributed by atoms with Crippen molar-refractivity contribution in [3.05, 3.63) is 28.2 Å². The van der Waals surface area contributed by atoms with E-state index in [1.54, 1.807) is 0 Å². The molecule has 0 radical (unpaired) electrons. The molecule has 3 nitrogen and oxygen atoms in total. The van der Waals surface area contributed by atoms with Crippen LogP contribution in [0.3, 0.4) is 0 Å². The van der Waals surface area contributed by atoms with E-state index in [-0.39, 0.29) is 0 Å². The Morgan fingerprint density at radius 1 is 1.32 bits per heavy atom. The lowest BCUT2D eigenvalue weighted by molar-refractivity contribution is 0.258. The van der Waals surface area contributed by atoms with Crippen LogP contribution < -0.4 is 10.6 Å². The normalized spacial score (nSPS) is 16.6. The molecule has 1 aromatic carbocycles. The number of piperazine rings is 1. The monoisotopic (exact) mass is 341 g/mol. The summed E-state index contributed by atoms with van der Waals surface area (Å²) in [4.78, 5) is 5.36. The highest BCUT2D eigenvalue weighted by Crippen LogP contribution is 2.25. The Morgan fingerprint density at radius 2 is 2.00 bits per heavy atom. The van der Waals surface area contributed by atoms with E-state index in [2.05, 4.69) is 44.8 Å². The van der Waals surface area contributed by atoms with Gasteiger partial charge in [0.25, 0.3) is 0 Å². The zero-order valence-corrected chi connectivity index (χ0v) is 13.6. The molecule has 1 heterocycles. The number of thiocarbonyl (C=S) groups is 1. The Labute approximate surface area is 128 Å². The van der Waals surface area contributed by atoms with Gasteiger partial charge in [-0.2, -0.15) is 0 Å². The van der Waals surface area contributed by atoms with E-state index in [1.165, 1.54) is 13.0 Å². The molecule has 19 heavy (non-hydrogen) atoms. The van der Waals surface area contributed by atoms with Crippen molar-refractivity contribution in [1.82, 2.24) is 4.90 Å². The van der Waals surface area contributed by atoms with Crippen LogP contribution in [0.25, 0.3) is 0 Å². The number of halogens is 1. The largest absolute Gasteiger partial charge is 0.389 e. The summed E-state index contributed by atoms with van der Waals surface area (Å²) in [6, 6.07) is 6.17. The molecule has 5 heteroatoms. The number of benzene rings is 1. The number of anilines is 1. The van der Waals surface area contributed by atoms with Crippen molar-refractivity contribution >= 4 is 38.8 Å². The van der Waals surface area contributed by atoms with Crippen molar-refractivity contribution in [3.63, 3.8) is 0 Å². The Bertz CT molecular complexity index is 456. The Morgan fingerprint density at radius 3 is 2.58 bits per heavy atom. The maximum absolute atomic E-state index is 5.84. The number of rotatable bonds is 4. The summed E-state index contributed by atoms with van der Waals surface area (Å²) in [6.07, 6.45) is 1.22. The van der Waals surface area contributed by atoms with Crippen LogP contribution in [0.2, 0.25) is 0 Å². The Balaban J connectivity index is 2.13. The van der Waals surface area contributed by atoms with E-state index in [9.17, 15) is 0 Å². The fourth-order valence-corrected chi connectivity index (χ4v) is 3.03. The van der Waals surface area contributed by atoms with Crippen LogP contribution in [-0.4, -0.2) is 42.6 Å². The van der Waals surface area contributed by atoms with Gasteiger partial charge in [-0.15, -0.1) is 0 Å². The molecule has 0 unspecified atom stereocenters. The molecule has 1 saturated heterocycles. The number of hydrogen-bond acceptors (Lipinski definition) is 3. The molecule has 0 bridgehead atoms. The number of nitrogens with zero attached hydrogens (tertiary/aromatic N) is 2. The van der Waals surface area contributed by atoms with Crippen LogP contribution in [0.5, 0.6) is 0 Å². The van der Waals surface area contributed by atoms with Gasteiger partial charge in [0, 0.05) is 41.9 Å². The maximum atomic E-state index is 5.84. The average molecular weight is 342 g/mol. The van der Waals surface area contributed by atoms with Gasteiger partial charge >= 0.3 is 0 Å². The second-order valence-corrected chi connectivity index (χ2v) is 6.21. The number of hydrogen-bond donors (Lipinski definition) is 1. The van der Waals surface area contributed by atoms with Gasteiger partial charge in [0.2, 0.25) is 0 Å². The minimum absolute atomic E-state index is 0.465. The first-order valence-corrected chi connectivity index (χ1v) is 7.88. The van der Waals surface area contributed by atoms with E-state index >= 15 is 0 Å². The van der Waals surface area contributed by atoms with Gasteiger partial charge in [-0.3, -0.25) is 4.90 Å². The fraction of sp³-hybridized carbons (Fsp3) is 0.500. The summed E-state index contributed by atoms with van der Waals surface area (Å²) in [5, 5.41) is 0. The average Bonchev–Trinajstić information content (AvgIpc) is 2.40. The Hall–Kier alpha value is -0.650. The molecule has 1 fully saturated rings. The van der Waals surface area contributed by atoms with E-state index in [4.69, 9.17) is 18.0 Å². The van der Waals surface area contributed by atoms with Crippen LogP contribution in [0, 0.1) is 0 Å². The number of nitrogens with two attached hydrogens (primary N) is 1. The standard InChI is InChI=1S/C14H20BrN3S/c1-2-5-17-6-8-18(9-7-17)13-4-3-11(15)10-12(13)14(16)19/h3-4,10H,2,5-9H2,1H3,(H2,16,19). The topological polar surface area (TPSA) is 32.5 Å². The van der Waals surface area contributed by atoms with Crippen LogP contribution in [0.1, 0.15) is 18.9 Å². The van der Waals surface area contributed by atoms with Crippen LogP contribution >= 0.6 is 28.1 Å². The fourth-order valence-electron chi connectivity index (χ4n) is 2.51. The first-order valence-electron chi connectivity index (χ1n) is 6.68. The third kappa shape index (κ3) is 3.68. The molecule has 0 aliphatic carbocycles. The highest BCUT2D eigenvalue weighted by Gasteiger charge is 2.19. The van der Waals surface area contributed by atoms with Crippen molar-refractivity contribution in [1.29, 1.82) is 0 Å². The predicted molar refractivity (Wildman–Crippen MR) is 89.0 cm³/mol. The SMILES string of the molecule is CCCN1CCN(c2ccc(Br)cc2C(N)=S)CC1. The molecule has 0 saturated carbocycles. The third-order valence-corrected chi connectivity index (χ3v) is 4.19. The zero-order valence-electron chi connectivity index (χ0n) is 11.2. The van der Waals surface area contributed by atoms with Gasteiger partial charge in [0.05, 0.1) is 0 Å². The zero-order chi connectivity index (χ0) is 13.8. The van der Waals surface area contributed by atoms with Crippen molar-refractivity contribution in [2.75, 3.05) is 37.6 Å². The maximum Gasteiger partial charge on any atom is 0.106 e. The lowest BCUT2D eigenvalue weighted by Gasteiger charge is -2.36. The van der Waals surface area contributed by atoms with E-state index < -0.39 is 0 Å². The van der Waals surface area contributed by atoms with E-state index in [0.29, 0.717) is 4.99 Å². The van der Waals surface area contributed by atoms with Crippen LogP contribution in [-0.2, 0) is 0 Å². The molecule has 0 aromatic heterocycles. The molecule has 2 rings (SSSR count). The molecule has 1 aliphatic heterocycles. The molecule has 2 N–H and O–H groups in total. The summed E-state index contributed by atoms with van der Waals surface area (Å²) in [5.74, 6) is 0. The van der Waals surface area contributed by atoms with Crippen molar-refractivity contribution in [3.8, 4) is 0 Å². The Kier molecular flexibility index (Phi) is 5.19. The molecule has 0 spiro atoms. The van der Waals surface area contributed by atoms with Gasteiger partial charge in [-0.05, 0) is 31.2 Å². The summed E-state index contributed by atoms with van der Waals surface area (Å²) < 4.78 is 1.02. The van der Waals surface area contributed by atoms with E-state index in [0.717, 1.165) is 41.9 Å². The first kappa shape index (κ1) is 14.8. The van der Waals surface area contributed by atoms with Crippen LogP contribution in [0.15, 0.2) is 22.7 Å². The summed E-state index contributed by atoms with van der Waals surface area (Å²) in [7, 11) is 0. The molecule has 1 aliphatic rings. The second kappa shape index (κ2) is 6.68. The van der Waals surface area contributed by atoms with Gasteiger partial charge in [0.15, 0.2) is 0 Å². The smallest absolute Gasteiger partial charge is 0.106 e. The van der Waals surface area contributed by atoms with Crippen LogP contribution in [0.4, 0.5) is 5.69 Å². The quantitative estimate of drug-likeness (QED) is 0.853. The van der Waals surface area contributed by atoms with Gasteiger partial charge < -0.3 is 10.6 Å².